The molecule has 0 aliphatic rings. The second-order valence-corrected chi connectivity index (χ2v) is 5.75. The number of anilines is 1. The summed E-state index contributed by atoms with van der Waals surface area (Å²) >= 11 is 0. The zero-order valence-electron chi connectivity index (χ0n) is 14.2. The van der Waals surface area contributed by atoms with Gasteiger partial charge in [-0.2, -0.15) is 5.10 Å². The largest absolute Gasteiger partial charge is 0.389 e. The number of amides is 1. The number of hydrogen-bond donors (Lipinski definition) is 3. The van der Waals surface area contributed by atoms with Crippen LogP contribution in [0.2, 0.25) is 0 Å². The molecule has 0 saturated heterocycles. The smallest absolute Gasteiger partial charge is 0.255 e. The van der Waals surface area contributed by atoms with Gasteiger partial charge in [-0.15, -0.1) is 0 Å². The fourth-order valence-electron chi connectivity index (χ4n) is 2.52. The number of carbonyl (C=O) groups excluding carboxylic acids is 1. The molecule has 0 fully saturated rings. The lowest BCUT2D eigenvalue weighted by Crippen LogP contribution is -2.13. The second-order valence-electron chi connectivity index (χ2n) is 5.75. The number of aryl methyl sites for hydroxylation is 1. The average Bonchev–Trinajstić information content (AvgIpc) is 3.11. The molecule has 0 spiro atoms. The molecule has 3 N–H and O–H groups in total. The normalized spacial score (nSPS) is 12.0. The van der Waals surface area contributed by atoms with Gasteiger partial charge in [-0.25, -0.2) is 4.98 Å². The molecule has 1 atom stereocenters. The molecule has 0 radical (unpaired) electrons. The monoisotopic (exact) mass is 336 g/mol. The van der Waals surface area contributed by atoms with Crippen molar-refractivity contribution in [2.75, 3.05) is 5.32 Å². The van der Waals surface area contributed by atoms with E-state index >= 15 is 0 Å². The summed E-state index contributed by atoms with van der Waals surface area (Å²) in [6, 6.07) is 14.3. The number of aliphatic hydroxyl groups excluding tert-OH is 1. The number of para-hydroxylation sites is 1. The van der Waals surface area contributed by atoms with Crippen molar-refractivity contribution in [1.82, 2.24) is 15.2 Å². The molecule has 0 saturated carbocycles. The summed E-state index contributed by atoms with van der Waals surface area (Å²) in [4.78, 5) is 16.8. The first kappa shape index (κ1) is 16.9. The molecule has 2 aromatic carbocycles. The average molecular weight is 336 g/mol. The number of benzene rings is 2. The van der Waals surface area contributed by atoms with Crippen LogP contribution >= 0.6 is 0 Å². The summed E-state index contributed by atoms with van der Waals surface area (Å²) in [5.74, 6) is 1.21. The van der Waals surface area contributed by atoms with E-state index in [1.54, 1.807) is 31.2 Å². The van der Waals surface area contributed by atoms with Crippen molar-refractivity contribution in [2.24, 2.45) is 0 Å². The predicted octanol–water partition coefficient (Wildman–Crippen LogP) is 3.34. The maximum atomic E-state index is 12.5. The fraction of sp³-hybridized carbons (Fsp3) is 0.211. The highest BCUT2D eigenvalue weighted by atomic mass is 16.3. The lowest BCUT2D eigenvalue weighted by molar-refractivity contribution is 0.102. The number of hydrogen-bond acceptors (Lipinski definition) is 4. The number of nitrogens with one attached hydrogen (secondary N) is 2. The third-order valence-electron chi connectivity index (χ3n) is 3.93. The number of aromatic amines is 1. The van der Waals surface area contributed by atoms with Gasteiger partial charge in [0.15, 0.2) is 5.82 Å². The molecule has 3 rings (SSSR count). The Kier molecular flexibility index (Phi) is 4.90. The number of H-pyrrole nitrogens is 1. The van der Waals surface area contributed by atoms with Gasteiger partial charge in [0.05, 0.1) is 6.10 Å². The quantitative estimate of drug-likeness (QED) is 0.666. The Bertz CT molecular complexity index is 869. The van der Waals surface area contributed by atoms with E-state index in [-0.39, 0.29) is 5.91 Å². The van der Waals surface area contributed by atoms with Gasteiger partial charge in [0, 0.05) is 28.8 Å². The highest BCUT2D eigenvalue weighted by Crippen LogP contribution is 2.23. The van der Waals surface area contributed by atoms with Crippen LogP contribution in [0.1, 0.15) is 41.7 Å². The van der Waals surface area contributed by atoms with E-state index in [4.69, 9.17) is 0 Å². The van der Waals surface area contributed by atoms with E-state index in [1.165, 1.54) is 0 Å². The van der Waals surface area contributed by atoms with Gasteiger partial charge in [0.2, 0.25) is 0 Å². The fourth-order valence-corrected chi connectivity index (χ4v) is 2.52. The Morgan fingerprint density at radius 3 is 2.56 bits per heavy atom. The van der Waals surface area contributed by atoms with E-state index in [0.717, 1.165) is 17.8 Å². The SMILES string of the molecule is CCc1nc(-c2ccc(C(=O)Nc3ccccc3C(C)O)cc2)n[nH]1. The first-order valence-electron chi connectivity index (χ1n) is 8.18. The van der Waals surface area contributed by atoms with E-state index in [2.05, 4.69) is 20.5 Å². The molecule has 6 heteroatoms. The van der Waals surface area contributed by atoms with Crippen LogP contribution in [0.4, 0.5) is 5.69 Å². The molecular weight excluding hydrogens is 316 g/mol. The topological polar surface area (TPSA) is 90.9 Å². The summed E-state index contributed by atoms with van der Waals surface area (Å²) in [5.41, 5.74) is 2.65. The second kappa shape index (κ2) is 7.27. The standard InChI is InChI=1S/C19H20N4O2/c1-3-17-21-18(23-22-17)13-8-10-14(11-9-13)19(25)20-16-7-5-4-6-15(16)12(2)24/h4-12,24H,3H2,1-2H3,(H,20,25)(H,21,22,23). The number of rotatable bonds is 5. The van der Waals surface area contributed by atoms with Crippen molar-refractivity contribution in [3.05, 3.63) is 65.5 Å². The van der Waals surface area contributed by atoms with Crippen LogP contribution in [-0.4, -0.2) is 26.2 Å². The molecule has 25 heavy (non-hydrogen) atoms. The molecule has 1 unspecified atom stereocenters. The van der Waals surface area contributed by atoms with Crippen molar-refractivity contribution in [3.63, 3.8) is 0 Å². The van der Waals surface area contributed by atoms with Crippen LogP contribution in [-0.2, 0) is 6.42 Å². The van der Waals surface area contributed by atoms with Gasteiger partial charge in [-0.3, -0.25) is 9.89 Å². The van der Waals surface area contributed by atoms with Crippen molar-refractivity contribution in [3.8, 4) is 11.4 Å². The Labute approximate surface area is 145 Å². The number of carbonyl (C=O) groups is 1. The molecule has 6 nitrogen and oxygen atoms in total. The molecule has 0 aliphatic carbocycles. The Morgan fingerprint density at radius 1 is 1.20 bits per heavy atom. The van der Waals surface area contributed by atoms with Gasteiger partial charge in [0.1, 0.15) is 5.82 Å². The maximum absolute atomic E-state index is 12.5. The van der Waals surface area contributed by atoms with Crippen molar-refractivity contribution >= 4 is 11.6 Å². The summed E-state index contributed by atoms with van der Waals surface area (Å²) < 4.78 is 0. The van der Waals surface area contributed by atoms with Gasteiger partial charge in [-0.05, 0) is 25.1 Å². The van der Waals surface area contributed by atoms with Crippen LogP contribution in [0, 0.1) is 0 Å². The van der Waals surface area contributed by atoms with Crippen LogP contribution < -0.4 is 5.32 Å². The van der Waals surface area contributed by atoms with Crippen molar-refractivity contribution < 1.29 is 9.90 Å². The molecule has 1 aromatic heterocycles. The van der Waals surface area contributed by atoms with E-state index in [0.29, 0.717) is 22.6 Å². The van der Waals surface area contributed by atoms with Crippen LogP contribution in [0.25, 0.3) is 11.4 Å². The summed E-state index contributed by atoms with van der Waals surface area (Å²) in [6.45, 7) is 3.67. The van der Waals surface area contributed by atoms with E-state index in [1.807, 2.05) is 31.2 Å². The van der Waals surface area contributed by atoms with E-state index in [9.17, 15) is 9.90 Å². The summed E-state index contributed by atoms with van der Waals surface area (Å²) in [6.07, 6.45) is 0.133. The Morgan fingerprint density at radius 2 is 1.92 bits per heavy atom. The van der Waals surface area contributed by atoms with Gasteiger partial charge in [0.25, 0.3) is 5.91 Å². The van der Waals surface area contributed by atoms with Crippen LogP contribution in [0.5, 0.6) is 0 Å². The summed E-state index contributed by atoms with van der Waals surface area (Å²) in [7, 11) is 0. The molecule has 0 aliphatic heterocycles. The number of aromatic nitrogens is 3. The highest BCUT2D eigenvalue weighted by molar-refractivity contribution is 6.04. The van der Waals surface area contributed by atoms with Gasteiger partial charge in [-0.1, -0.05) is 37.3 Å². The van der Waals surface area contributed by atoms with E-state index < -0.39 is 6.10 Å². The molecule has 0 bridgehead atoms. The molecule has 1 amide bonds. The van der Waals surface area contributed by atoms with Gasteiger partial charge < -0.3 is 10.4 Å². The molecule has 128 valence electrons. The first-order chi connectivity index (χ1) is 12.1. The highest BCUT2D eigenvalue weighted by Gasteiger charge is 2.12. The summed E-state index contributed by atoms with van der Waals surface area (Å²) in [5, 5.41) is 19.7. The van der Waals surface area contributed by atoms with Crippen molar-refractivity contribution in [2.45, 2.75) is 26.4 Å². The van der Waals surface area contributed by atoms with Crippen molar-refractivity contribution in [1.29, 1.82) is 0 Å². The zero-order valence-corrected chi connectivity index (χ0v) is 14.2. The van der Waals surface area contributed by atoms with Gasteiger partial charge >= 0.3 is 0 Å². The minimum absolute atomic E-state index is 0.233. The van der Waals surface area contributed by atoms with Crippen LogP contribution in [0.3, 0.4) is 0 Å². The lowest BCUT2D eigenvalue weighted by Gasteiger charge is -2.13. The Hall–Kier alpha value is -2.99. The lowest BCUT2D eigenvalue weighted by atomic mass is 10.1. The molecular formula is C19H20N4O2. The minimum atomic E-state index is -0.655. The zero-order chi connectivity index (χ0) is 17.8. The molecule has 3 aromatic rings. The number of aliphatic hydroxyl groups is 1. The maximum Gasteiger partial charge on any atom is 0.255 e. The third kappa shape index (κ3) is 3.75. The molecule has 1 heterocycles. The van der Waals surface area contributed by atoms with Crippen LogP contribution in [0.15, 0.2) is 48.5 Å². The first-order valence-corrected chi connectivity index (χ1v) is 8.18. The Balaban J connectivity index is 1.77. The number of nitrogens with zero attached hydrogens (tertiary/aromatic N) is 2. The minimum Gasteiger partial charge on any atom is -0.389 e. The third-order valence-corrected chi connectivity index (χ3v) is 3.93. The predicted molar refractivity (Wildman–Crippen MR) is 96.2 cm³/mol.